The number of carbonyl (C=O) groups is 7. The summed E-state index contributed by atoms with van der Waals surface area (Å²) in [7, 11) is -16.6. The molecule has 35 atom stereocenters. The van der Waals surface area contributed by atoms with Crippen LogP contribution >= 0.6 is 0 Å². The van der Waals surface area contributed by atoms with Crippen LogP contribution in [0.2, 0.25) is 0 Å². The first-order valence-electron chi connectivity index (χ1n) is 31.9. The molecule has 0 bridgehead atoms. The largest absolute Gasteiger partial charge is 0.479 e. The van der Waals surface area contributed by atoms with Gasteiger partial charge in [-0.2, -0.15) is 25.3 Å². The fraction of sp³-hybridized carbons (Fsp3) is 0.764. The first-order chi connectivity index (χ1) is 50.6. The minimum atomic E-state index is -5.64. The van der Waals surface area contributed by atoms with Crippen LogP contribution in [-0.4, -0.2) is 385 Å². The van der Waals surface area contributed by atoms with E-state index in [4.69, 9.17) is 61.6 Å². The third-order valence-corrected chi connectivity index (χ3v) is 19.1. The third kappa shape index (κ3) is 21.4. The summed E-state index contributed by atoms with van der Waals surface area (Å²) >= 11 is 0. The van der Waals surface area contributed by atoms with Gasteiger partial charge in [0.2, 0.25) is 24.0 Å². The fourth-order valence-corrected chi connectivity index (χ4v) is 13.9. The number of carboxylic acid groups (broad SMARTS) is 4. The van der Waals surface area contributed by atoms with Crippen molar-refractivity contribution in [2.75, 3.05) is 19.8 Å². The smallest absolute Gasteiger partial charge is 0.397 e. The monoisotopic (exact) mass is 1650 g/mol. The Labute approximate surface area is 612 Å². The molecule has 14 unspecified atom stereocenters. The molecule has 3 amide bonds. The summed E-state index contributed by atoms with van der Waals surface area (Å²) in [6, 6.07) is -0.573. The second-order valence-electron chi connectivity index (χ2n) is 25.5. The van der Waals surface area contributed by atoms with Crippen LogP contribution in [0.4, 0.5) is 0 Å². The summed E-state index contributed by atoms with van der Waals surface area (Å²) in [4.78, 5) is 89.6. The van der Waals surface area contributed by atoms with Gasteiger partial charge in [0.1, 0.15) is 128 Å². The van der Waals surface area contributed by atoms with E-state index in [1.165, 1.54) is 12.1 Å². The van der Waals surface area contributed by atoms with Crippen LogP contribution in [0.15, 0.2) is 24.3 Å². The van der Waals surface area contributed by atoms with Crippen molar-refractivity contribution >= 4 is 72.8 Å². The second-order valence-corrected chi connectivity index (χ2v) is 28.8. The Morgan fingerprint density at radius 1 is 0.358 bits per heavy atom. The summed E-state index contributed by atoms with van der Waals surface area (Å²) in [6.45, 7) is -0.381. The number of ether oxygens (including phenoxy) is 13. The van der Waals surface area contributed by atoms with E-state index in [2.05, 4.69) is 28.5 Å². The van der Waals surface area contributed by atoms with E-state index in [1.807, 2.05) is 0 Å². The molecule has 0 spiro atoms. The van der Waals surface area contributed by atoms with Gasteiger partial charge in [-0.3, -0.25) is 28.0 Å². The average Bonchev–Trinajstić information content (AvgIpc) is 0.741. The Balaban J connectivity index is 1.03. The number of hydrogen-bond donors (Lipinski definition) is 22. The standard InChI is InChI=1S/C55H79N3O48S3/c1-12-5-7-16(8-6-12)94-52-32(69)25(62)20(39(101-52)45(73)74)21-26(63)33(70)53(102-40(21)46(75)76)99-37-18(10-92-108(85,86)87)96-50(23(28(37)65)57-14(3)60)104-42-31(68)35(72)55(106-44(42)48(79)80)100-38-19(11-93-109(88,89)90)97-51(24(29(38)66)58-15(4)61)103-41-30(67)34(71)54(105-43(41)47(77)78)98-36-17(9-91-107(82,83)84)95-49(81)22(27(36)64)56-13(2)59/h5-8,17-44,49-55,62-72,81H,9-11H2,1-4H3,(H,56,59)(H,57,60)(H,58,61)(H,73,74)(H,75,76)(H,77,78)(H,79,80)(H,82,83,84)(H,85,86,87)(H,88,89,90)/t17?,18?,19?,20-,21+,22?,23?,24?,25-,26-,27+,28+,29+,30+,31+,32?,33?,34?,35?,36+,37+,38+,39?,40?,41+,42+,43?,44?,49+,50-,51-,52+,53+,54+,55+/m0/s1. The Morgan fingerprint density at radius 2 is 0.642 bits per heavy atom. The Bertz CT molecular complexity index is 3720. The van der Waals surface area contributed by atoms with E-state index in [9.17, 15) is 154 Å². The lowest BCUT2D eigenvalue weighted by Gasteiger charge is -2.51. The van der Waals surface area contributed by atoms with E-state index in [0.29, 0.717) is 0 Å². The molecular weight excluding hydrogens is 1570 g/mol. The van der Waals surface area contributed by atoms with Gasteiger partial charge in [0.05, 0.1) is 32.0 Å². The summed E-state index contributed by atoms with van der Waals surface area (Å²) in [5, 5.41) is 186. The van der Waals surface area contributed by atoms with Crippen LogP contribution < -0.4 is 20.7 Å². The number of aliphatic hydroxyl groups is 12. The first kappa shape index (κ1) is 88.5. The Hall–Kier alpha value is -6.04. The normalized spacial score (nSPS) is 41.7. The number of rotatable bonds is 29. The van der Waals surface area contributed by atoms with Gasteiger partial charge in [-0.1, -0.05) is 17.7 Å². The number of aliphatic hydroxyl groups excluding tert-OH is 12. The van der Waals surface area contributed by atoms with Gasteiger partial charge < -0.3 is 159 Å². The number of carbonyl (C=O) groups excluding carboxylic acids is 3. The molecule has 7 aliphatic heterocycles. The van der Waals surface area contributed by atoms with Gasteiger partial charge in [0, 0.05) is 32.6 Å². The molecule has 0 aromatic heterocycles. The number of aliphatic carboxylic acids is 4. The zero-order valence-electron chi connectivity index (χ0n) is 56.2. The molecule has 1 aromatic carbocycles. The summed E-state index contributed by atoms with van der Waals surface area (Å²) in [6.07, 6.45) is -75.0. The molecular formula is C55H79N3O48S3. The molecule has 109 heavy (non-hydrogen) atoms. The van der Waals surface area contributed by atoms with Crippen LogP contribution in [0.3, 0.4) is 0 Å². The maximum Gasteiger partial charge on any atom is 0.397 e. The van der Waals surface area contributed by atoms with E-state index in [1.54, 1.807) is 19.1 Å². The fourth-order valence-electron chi connectivity index (χ4n) is 12.9. The quantitative estimate of drug-likeness (QED) is 0.0331. The van der Waals surface area contributed by atoms with E-state index >= 15 is 0 Å². The number of hydrogen-bond acceptors (Lipinski definition) is 41. The highest BCUT2D eigenvalue weighted by Gasteiger charge is 2.63. The molecule has 7 fully saturated rings. The van der Waals surface area contributed by atoms with Crippen molar-refractivity contribution in [3.63, 3.8) is 0 Å². The van der Waals surface area contributed by atoms with Gasteiger partial charge in [0.15, 0.2) is 62.2 Å². The van der Waals surface area contributed by atoms with E-state index in [-0.39, 0.29) is 5.75 Å². The molecule has 22 N–H and O–H groups in total. The molecule has 0 aliphatic carbocycles. The maximum absolute atomic E-state index is 13.2. The zero-order valence-corrected chi connectivity index (χ0v) is 58.6. The highest BCUT2D eigenvalue weighted by Crippen LogP contribution is 2.44. The molecule has 7 saturated heterocycles. The van der Waals surface area contributed by atoms with Crippen molar-refractivity contribution in [1.29, 1.82) is 0 Å². The van der Waals surface area contributed by atoms with Crippen LogP contribution in [0.25, 0.3) is 0 Å². The second kappa shape index (κ2) is 36.0. The molecule has 8 rings (SSSR count). The average molecular weight is 1650 g/mol. The van der Waals surface area contributed by atoms with Crippen molar-refractivity contribution < 1.29 is 228 Å². The minimum Gasteiger partial charge on any atom is -0.479 e. The lowest BCUT2D eigenvalue weighted by Crippen LogP contribution is -2.71. The molecule has 1 aromatic rings. The van der Waals surface area contributed by atoms with Crippen molar-refractivity contribution in [3.8, 4) is 5.75 Å². The number of carboxylic acids is 4. The van der Waals surface area contributed by atoms with Crippen molar-refractivity contribution in [3.05, 3.63) is 29.8 Å². The number of nitrogens with one attached hydrogen (secondary N) is 3. The molecule has 0 radical (unpaired) electrons. The minimum absolute atomic E-state index is 0.0122. The maximum atomic E-state index is 13.2. The molecule has 0 saturated carbocycles. The van der Waals surface area contributed by atoms with Crippen LogP contribution in [0, 0.1) is 18.8 Å². The topological polar surface area (TPSA) is 790 Å². The predicted octanol–water partition coefficient (Wildman–Crippen LogP) is -13.1. The predicted molar refractivity (Wildman–Crippen MR) is 328 cm³/mol. The molecule has 7 aliphatic rings. The van der Waals surface area contributed by atoms with Crippen molar-refractivity contribution in [1.82, 2.24) is 16.0 Å². The van der Waals surface area contributed by atoms with Gasteiger partial charge in [-0.25, -0.2) is 31.7 Å². The summed E-state index contributed by atoms with van der Waals surface area (Å²) in [5.41, 5.74) is 0.734. The van der Waals surface area contributed by atoms with Crippen LogP contribution in [0.1, 0.15) is 26.3 Å². The zero-order chi connectivity index (χ0) is 81.3. The number of amides is 3. The Kier molecular flexibility index (Phi) is 29.2. The van der Waals surface area contributed by atoms with Gasteiger partial charge in [-0.15, -0.1) is 0 Å². The van der Waals surface area contributed by atoms with Crippen LogP contribution in [-0.2, 0) is 134 Å². The van der Waals surface area contributed by atoms with Gasteiger partial charge in [-0.05, 0) is 19.1 Å². The number of aryl methyl sites for hydroxylation is 1. The van der Waals surface area contributed by atoms with E-state index in [0.717, 1.165) is 26.3 Å². The Morgan fingerprint density at radius 3 is 0.972 bits per heavy atom. The lowest BCUT2D eigenvalue weighted by atomic mass is 9.71. The van der Waals surface area contributed by atoms with E-state index < -0.39 is 307 Å². The lowest BCUT2D eigenvalue weighted by molar-refractivity contribution is -0.379. The van der Waals surface area contributed by atoms with Gasteiger partial charge in [0.25, 0.3) is 0 Å². The summed E-state index contributed by atoms with van der Waals surface area (Å²) in [5.74, 6) is -16.2. The van der Waals surface area contributed by atoms with Crippen molar-refractivity contribution in [2.24, 2.45) is 11.8 Å². The molecule has 620 valence electrons. The SMILES string of the molecule is CC(=O)NC1[C@H](O[C@H]2C(C(=O)O)O[C@@H](O[C@@H]3C(COS(=O)(=O)O)O[C@@H](O[C@H]4C(C(=O)O)O[C@@H](O[C@@H]5C(COS(=O)(=O)O)O[C@@H](O)C(NC(C)=O)[C@H]5O)C(O)[C@H]4O)C(NC(C)=O)[C@H]3O)C(O)[C@H]2O)OC(COS(=O)(=O)O)[C@@H](O[C@@H]2OC(C(=O)O)[C@H]([C@@H]3C(C(=O)O)O[C@@H](Oc4ccc(C)cc4)C(O)[C@H]3O)[C@H](O)C2O)[C@@H]1O. The number of benzene rings is 1. The molecule has 51 nitrogen and oxygen atoms in total. The molecule has 54 heteroatoms. The van der Waals surface area contributed by atoms with Crippen molar-refractivity contribution in [2.45, 2.75) is 230 Å². The summed E-state index contributed by atoms with van der Waals surface area (Å²) < 4.78 is 185. The highest BCUT2D eigenvalue weighted by molar-refractivity contribution is 7.81. The molecule has 7 heterocycles. The highest BCUT2D eigenvalue weighted by atomic mass is 32.3. The third-order valence-electron chi connectivity index (χ3n) is 17.8. The van der Waals surface area contributed by atoms with Crippen LogP contribution in [0.5, 0.6) is 5.75 Å². The van der Waals surface area contributed by atoms with Gasteiger partial charge >= 0.3 is 55.1 Å². The first-order valence-corrected chi connectivity index (χ1v) is 36.0.